The first-order valence-corrected chi connectivity index (χ1v) is 7.63. The third-order valence-corrected chi connectivity index (χ3v) is 4.12. The van der Waals surface area contributed by atoms with Crippen LogP contribution < -0.4 is 5.32 Å². The van der Waals surface area contributed by atoms with Crippen molar-refractivity contribution in [2.45, 2.75) is 39.7 Å². The van der Waals surface area contributed by atoms with Crippen LogP contribution in [0.2, 0.25) is 0 Å². The maximum atomic E-state index is 12.1. The molecule has 0 unspecified atom stereocenters. The highest BCUT2D eigenvalue weighted by atomic mass is 16.6. The van der Waals surface area contributed by atoms with Crippen molar-refractivity contribution in [1.82, 2.24) is 10.2 Å². The van der Waals surface area contributed by atoms with Gasteiger partial charge in [0, 0.05) is 25.0 Å². The van der Waals surface area contributed by atoms with Gasteiger partial charge in [0.15, 0.2) is 0 Å². The molecule has 0 bridgehead atoms. The number of piperidine rings is 1. The number of amides is 1. The van der Waals surface area contributed by atoms with E-state index in [1.165, 1.54) is 0 Å². The molecule has 120 valence electrons. The first-order chi connectivity index (χ1) is 9.77. The smallest absolute Gasteiger partial charge is 0.410 e. The van der Waals surface area contributed by atoms with Crippen LogP contribution in [0.15, 0.2) is 0 Å². The number of hydrogen-bond acceptors (Lipinski definition) is 5. The molecule has 0 aromatic rings. The number of hydrogen-bond donors (Lipinski definition) is 1. The maximum absolute atomic E-state index is 12.1. The highest BCUT2D eigenvalue weighted by Crippen LogP contribution is 2.43. The summed E-state index contributed by atoms with van der Waals surface area (Å²) < 4.78 is 10.5. The van der Waals surface area contributed by atoms with Crippen molar-refractivity contribution in [1.29, 1.82) is 0 Å². The van der Waals surface area contributed by atoms with E-state index in [4.69, 9.17) is 9.47 Å². The van der Waals surface area contributed by atoms with Gasteiger partial charge < -0.3 is 19.7 Å². The van der Waals surface area contributed by atoms with Crippen LogP contribution in [0.1, 0.15) is 34.1 Å². The zero-order valence-corrected chi connectivity index (χ0v) is 13.4. The number of ether oxygens (including phenoxy) is 2. The molecule has 2 heterocycles. The molecule has 0 saturated carbocycles. The minimum Gasteiger partial charge on any atom is -0.466 e. The first kappa shape index (κ1) is 16.1. The van der Waals surface area contributed by atoms with Gasteiger partial charge in [-0.15, -0.1) is 0 Å². The van der Waals surface area contributed by atoms with Crippen molar-refractivity contribution in [3.63, 3.8) is 0 Å². The van der Waals surface area contributed by atoms with Gasteiger partial charge in [-0.1, -0.05) is 0 Å². The van der Waals surface area contributed by atoms with Gasteiger partial charge in [-0.05, 0) is 40.7 Å². The van der Waals surface area contributed by atoms with Gasteiger partial charge in [0.25, 0.3) is 0 Å². The number of esters is 1. The molecule has 21 heavy (non-hydrogen) atoms. The summed E-state index contributed by atoms with van der Waals surface area (Å²) in [6, 6.07) is 0. The lowest BCUT2D eigenvalue weighted by molar-refractivity contribution is -0.162. The Bertz CT molecular complexity index is 410. The molecule has 2 aliphatic heterocycles. The molecule has 1 amide bonds. The molecular formula is C15H26N2O4. The largest absolute Gasteiger partial charge is 0.466 e. The van der Waals surface area contributed by atoms with Gasteiger partial charge in [-0.3, -0.25) is 4.79 Å². The molecule has 2 saturated heterocycles. The van der Waals surface area contributed by atoms with Crippen molar-refractivity contribution in [3.05, 3.63) is 0 Å². The fourth-order valence-electron chi connectivity index (χ4n) is 3.10. The Morgan fingerprint density at radius 1 is 1.33 bits per heavy atom. The second kappa shape index (κ2) is 5.83. The fraction of sp³-hybridized carbons (Fsp3) is 0.867. The lowest BCUT2D eigenvalue weighted by Gasteiger charge is -2.55. The normalized spacial score (nSPS) is 24.4. The van der Waals surface area contributed by atoms with Gasteiger partial charge in [-0.25, -0.2) is 4.79 Å². The van der Waals surface area contributed by atoms with Gasteiger partial charge >= 0.3 is 12.1 Å². The van der Waals surface area contributed by atoms with Crippen molar-refractivity contribution in [2.24, 2.45) is 11.3 Å². The summed E-state index contributed by atoms with van der Waals surface area (Å²) in [6.07, 6.45) is 0.588. The SMILES string of the molecule is CCOC(=O)[C@@H]1CNCCC12CN(C(=O)OC(C)(C)C)C2. The lowest BCUT2D eigenvalue weighted by Crippen LogP contribution is -2.67. The van der Waals surface area contributed by atoms with E-state index in [1.54, 1.807) is 4.90 Å². The van der Waals surface area contributed by atoms with Crippen LogP contribution in [0.3, 0.4) is 0 Å². The molecule has 1 spiro atoms. The molecule has 0 aliphatic carbocycles. The van der Waals surface area contributed by atoms with Crippen LogP contribution in [-0.4, -0.2) is 55.3 Å². The molecule has 2 aliphatic rings. The number of rotatable bonds is 2. The summed E-state index contributed by atoms with van der Waals surface area (Å²) in [6.45, 7) is 10.4. The minimum absolute atomic E-state index is 0.144. The standard InChI is InChI=1S/C15H26N2O4/c1-5-20-12(18)11-8-16-7-6-15(11)9-17(10-15)13(19)21-14(2,3)4/h11,16H,5-10H2,1-4H3/t11-/m0/s1. The number of likely N-dealkylation sites (tertiary alicyclic amines) is 1. The number of carbonyl (C=O) groups excluding carboxylic acids is 2. The molecular weight excluding hydrogens is 272 g/mol. The molecule has 6 heteroatoms. The number of carbonyl (C=O) groups is 2. The second-order valence-electron chi connectivity index (χ2n) is 6.96. The first-order valence-electron chi connectivity index (χ1n) is 7.63. The van der Waals surface area contributed by atoms with E-state index >= 15 is 0 Å². The third kappa shape index (κ3) is 3.48. The third-order valence-electron chi connectivity index (χ3n) is 4.12. The van der Waals surface area contributed by atoms with Gasteiger partial charge in [0.05, 0.1) is 12.5 Å². The second-order valence-corrected chi connectivity index (χ2v) is 6.96. The van der Waals surface area contributed by atoms with Crippen LogP contribution in [0.25, 0.3) is 0 Å². The van der Waals surface area contributed by atoms with E-state index in [0.29, 0.717) is 26.2 Å². The Morgan fingerprint density at radius 3 is 2.57 bits per heavy atom. The van der Waals surface area contributed by atoms with Crippen LogP contribution in [0.4, 0.5) is 4.79 Å². The van der Waals surface area contributed by atoms with E-state index in [1.807, 2.05) is 27.7 Å². The Labute approximate surface area is 126 Å². The van der Waals surface area contributed by atoms with E-state index in [9.17, 15) is 9.59 Å². The molecule has 2 rings (SSSR count). The Hall–Kier alpha value is -1.30. The van der Waals surface area contributed by atoms with Crippen LogP contribution >= 0.6 is 0 Å². The molecule has 0 aromatic heterocycles. The number of nitrogens with one attached hydrogen (secondary N) is 1. The Balaban J connectivity index is 1.97. The van der Waals surface area contributed by atoms with Crippen molar-refractivity contribution >= 4 is 12.1 Å². The predicted octanol–water partition coefficient (Wildman–Crippen LogP) is 1.40. The van der Waals surface area contributed by atoms with Crippen molar-refractivity contribution in [3.8, 4) is 0 Å². The summed E-state index contributed by atoms with van der Waals surface area (Å²) >= 11 is 0. The highest BCUT2D eigenvalue weighted by Gasteiger charge is 2.55. The van der Waals surface area contributed by atoms with E-state index in [-0.39, 0.29) is 23.4 Å². The van der Waals surface area contributed by atoms with Crippen LogP contribution in [0.5, 0.6) is 0 Å². The lowest BCUT2D eigenvalue weighted by atomic mass is 9.65. The van der Waals surface area contributed by atoms with E-state index in [2.05, 4.69) is 5.32 Å². The van der Waals surface area contributed by atoms with E-state index in [0.717, 1.165) is 13.0 Å². The molecule has 1 N–H and O–H groups in total. The summed E-state index contributed by atoms with van der Waals surface area (Å²) in [4.78, 5) is 25.8. The fourth-order valence-corrected chi connectivity index (χ4v) is 3.10. The maximum Gasteiger partial charge on any atom is 0.410 e. The predicted molar refractivity (Wildman–Crippen MR) is 77.8 cm³/mol. The van der Waals surface area contributed by atoms with E-state index < -0.39 is 5.60 Å². The van der Waals surface area contributed by atoms with Crippen molar-refractivity contribution < 1.29 is 19.1 Å². The number of nitrogens with zero attached hydrogens (tertiary/aromatic N) is 1. The molecule has 2 fully saturated rings. The van der Waals surface area contributed by atoms with Gasteiger partial charge in [-0.2, -0.15) is 0 Å². The summed E-state index contributed by atoms with van der Waals surface area (Å²) in [5.41, 5.74) is -0.636. The monoisotopic (exact) mass is 298 g/mol. The average Bonchev–Trinajstić information content (AvgIpc) is 2.33. The van der Waals surface area contributed by atoms with Gasteiger partial charge in [0.1, 0.15) is 5.60 Å². The molecule has 6 nitrogen and oxygen atoms in total. The topological polar surface area (TPSA) is 67.9 Å². The highest BCUT2D eigenvalue weighted by molar-refractivity contribution is 5.76. The molecule has 1 atom stereocenters. The van der Waals surface area contributed by atoms with Crippen LogP contribution in [-0.2, 0) is 14.3 Å². The zero-order valence-electron chi connectivity index (χ0n) is 13.4. The Morgan fingerprint density at radius 2 is 2.00 bits per heavy atom. The summed E-state index contributed by atoms with van der Waals surface area (Å²) in [7, 11) is 0. The molecule has 0 radical (unpaired) electrons. The summed E-state index contributed by atoms with van der Waals surface area (Å²) in [5, 5.41) is 3.24. The molecule has 0 aromatic carbocycles. The summed E-state index contributed by atoms with van der Waals surface area (Å²) in [5.74, 6) is -0.335. The average molecular weight is 298 g/mol. The minimum atomic E-state index is -0.492. The van der Waals surface area contributed by atoms with Crippen LogP contribution in [0, 0.1) is 11.3 Å². The van der Waals surface area contributed by atoms with Crippen molar-refractivity contribution in [2.75, 3.05) is 32.8 Å². The van der Waals surface area contributed by atoms with Gasteiger partial charge in [0.2, 0.25) is 0 Å². The Kier molecular flexibility index (Phi) is 4.46. The quantitative estimate of drug-likeness (QED) is 0.780. The zero-order chi connectivity index (χ0) is 15.7.